The lowest BCUT2D eigenvalue weighted by molar-refractivity contribution is -0.165. The summed E-state index contributed by atoms with van der Waals surface area (Å²) < 4.78 is 16.8. The molecule has 130 valence electrons. The summed E-state index contributed by atoms with van der Waals surface area (Å²) in [7, 11) is 4.35. The van der Waals surface area contributed by atoms with Gasteiger partial charge in [0.05, 0.1) is 19.8 Å². The minimum atomic E-state index is -0.815. The van der Waals surface area contributed by atoms with Gasteiger partial charge in [0.15, 0.2) is 5.78 Å². The van der Waals surface area contributed by atoms with E-state index in [2.05, 4.69) is 14.6 Å². The fraction of sp³-hybridized carbons (Fsp3) is 0.429. The summed E-state index contributed by atoms with van der Waals surface area (Å²) in [6.07, 6.45) is 0. The third kappa shape index (κ3) is 12.2. The van der Waals surface area contributed by atoms with Crippen LogP contribution in [0.15, 0.2) is 12.1 Å². The number of hydrogen-bond acceptors (Lipinski definition) is 6. The molecule has 0 saturated heterocycles. The van der Waals surface area contributed by atoms with Gasteiger partial charge in [-0.15, -0.1) is 0 Å². The van der Waals surface area contributed by atoms with Crippen LogP contribution < -0.4 is 0 Å². The van der Waals surface area contributed by atoms with Crippen LogP contribution in [0.3, 0.4) is 0 Å². The summed E-state index contributed by atoms with van der Waals surface area (Å²) in [6.45, 7) is 4.07. The Morgan fingerprint density at radius 1 is 1.17 bits per heavy atom. The highest BCUT2D eigenvalue weighted by Crippen LogP contribution is 2.10. The molecule has 1 aromatic rings. The largest absolute Gasteiger partial charge is 0.469 e. The predicted octanol–water partition coefficient (Wildman–Crippen LogP) is 2.28. The molecular weight excluding hydrogens is 331 g/mol. The number of amides is 1. The second-order valence-electron chi connectivity index (χ2n) is 3.92. The van der Waals surface area contributed by atoms with Gasteiger partial charge in [0.1, 0.15) is 5.15 Å². The third-order valence-electron chi connectivity index (χ3n) is 2.20. The molecule has 0 N–H and O–H groups in total. The molecule has 9 heteroatoms. The summed E-state index contributed by atoms with van der Waals surface area (Å²) in [4.78, 5) is 38.2. The fourth-order valence-electron chi connectivity index (χ4n) is 0.803. The number of carbonyl (C=O) groups is 3. The number of ketones is 1. The average molecular weight is 351 g/mol. The number of ether oxygens (including phenoxy) is 1. The SMILES string of the molecule is CC(=O)c1ccc(Cl)nc1F.COC(C)=O.CON(C)C(C)=O. The molecule has 0 aliphatic heterocycles. The van der Waals surface area contributed by atoms with E-state index in [-0.39, 0.29) is 28.4 Å². The highest BCUT2D eigenvalue weighted by molar-refractivity contribution is 6.29. The standard InChI is InChI=1S/C7H5ClFNO.C4H9NO2.C3H6O2/c1-4(11)5-2-3-6(8)10-7(5)9;1-4(6)5(2)7-3;1-3(4)5-2/h2-3H,1H3;1-3H3;1-2H3. The van der Waals surface area contributed by atoms with Crippen molar-refractivity contribution >= 4 is 29.3 Å². The van der Waals surface area contributed by atoms with Crippen molar-refractivity contribution in [2.45, 2.75) is 20.8 Å². The van der Waals surface area contributed by atoms with Crippen molar-refractivity contribution in [3.8, 4) is 0 Å². The van der Waals surface area contributed by atoms with Gasteiger partial charge in [-0.3, -0.25) is 19.2 Å². The first-order valence-corrected chi connectivity index (χ1v) is 6.60. The van der Waals surface area contributed by atoms with Crippen molar-refractivity contribution in [1.29, 1.82) is 0 Å². The molecule has 0 fully saturated rings. The van der Waals surface area contributed by atoms with Crippen LogP contribution in [0, 0.1) is 5.95 Å². The second kappa shape index (κ2) is 12.5. The van der Waals surface area contributed by atoms with E-state index >= 15 is 0 Å². The number of esters is 1. The maximum Gasteiger partial charge on any atom is 0.302 e. The van der Waals surface area contributed by atoms with E-state index in [1.807, 2.05) is 0 Å². The molecule has 1 aromatic heterocycles. The molecule has 0 unspecified atom stereocenters. The van der Waals surface area contributed by atoms with Crippen LogP contribution in [0.1, 0.15) is 31.1 Å². The van der Waals surface area contributed by atoms with E-state index in [4.69, 9.17) is 11.6 Å². The highest BCUT2D eigenvalue weighted by atomic mass is 35.5. The Bertz CT molecular complexity index is 540. The number of hydrogen-bond donors (Lipinski definition) is 0. The summed E-state index contributed by atoms with van der Waals surface area (Å²) in [5, 5.41) is 1.20. The van der Waals surface area contributed by atoms with Crippen LogP contribution in [0.2, 0.25) is 5.15 Å². The van der Waals surface area contributed by atoms with Gasteiger partial charge in [-0.2, -0.15) is 4.39 Å². The lowest BCUT2D eigenvalue weighted by atomic mass is 10.2. The van der Waals surface area contributed by atoms with Crippen molar-refractivity contribution in [1.82, 2.24) is 10.0 Å². The molecule has 0 saturated carbocycles. The van der Waals surface area contributed by atoms with Gasteiger partial charge in [0.25, 0.3) is 0 Å². The Hall–Kier alpha value is -2.06. The number of pyridine rings is 1. The van der Waals surface area contributed by atoms with Crippen LogP contribution in [0.25, 0.3) is 0 Å². The van der Waals surface area contributed by atoms with Crippen molar-refractivity contribution in [2.24, 2.45) is 0 Å². The first-order chi connectivity index (χ1) is 10.6. The number of methoxy groups -OCH3 is 1. The maximum absolute atomic E-state index is 12.7. The van der Waals surface area contributed by atoms with Crippen LogP contribution in [-0.4, -0.2) is 49.0 Å². The van der Waals surface area contributed by atoms with Gasteiger partial charge < -0.3 is 4.74 Å². The predicted molar refractivity (Wildman–Crippen MR) is 82.4 cm³/mol. The topological polar surface area (TPSA) is 85.8 Å². The summed E-state index contributed by atoms with van der Waals surface area (Å²) >= 11 is 5.36. The zero-order chi connectivity index (χ0) is 18.6. The Kier molecular flexibility index (Phi) is 12.6. The van der Waals surface area contributed by atoms with Crippen molar-refractivity contribution in [3.05, 3.63) is 28.8 Å². The fourth-order valence-corrected chi connectivity index (χ4v) is 0.940. The van der Waals surface area contributed by atoms with Crippen molar-refractivity contribution in [3.63, 3.8) is 0 Å². The van der Waals surface area contributed by atoms with Crippen molar-refractivity contribution in [2.75, 3.05) is 21.3 Å². The van der Waals surface area contributed by atoms with Crippen LogP contribution in [-0.2, 0) is 19.2 Å². The van der Waals surface area contributed by atoms with Gasteiger partial charge in [-0.05, 0) is 19.1 Å². The van der Waals surface area contributed by atoms with Gasteiger partial charge in [-0.25, -0.2) is 10.0 Å². The highest BCUT2D eigenvalue weighted by Gasteiger charge is 2.07. The van der Waals surface area contributed by atoms with E-state index < -0.39 is 5.95 Å². The molecule has 0 radical (unpaired) electrons. The number of Topliss-reactive ketones (excluding diaryl/α,β-unsaturated/α-hetero) is 1. The van der Waals surface area contributed by atoms with Gasteiger partial charge in [0, 0.05) is 20.9 Å². The first-order valence-electron chi connectivity index (χ1n) is 6.22. The van der Waals surface area contributed by atoms with E-state index in [0.717, 1.165) is 5.06 Å². The van der Waals surface area contributed by atoms with Crippen molar-refractivity contribution < 1.29 is 28.3 Å². The van der Waals surface area contributed by atoms with Gasteiger partial charge >= 0.3 is 5.97 Å². The van der Waals surface area contributed by atoms with Gasteiger partial charge in [0.2, 0.25) is 11.9 Å². The minimum absolute atomic E-state index is 0.0330. The van der Waals surface area contributed by atoms with E-state index in [1.54, 1.807) is 7.05 Å². The zero-order valence-electron chi connectivity index (χ0n) is 13.8. The first kappa shape index (κ1) is 23.2. The van der Waals surface area contributed by atoms with E-state index in [0.29, 0.717) is 0 Å². The number of hydroxylamine groups is 2. The number of nitrogens with zero attached hydrogens (tertiary/aromatic N) is 2. The Labute approximate surface area is 139 Å². The number of halogens is 2. The Morgan fingerprint density at radius 2 is 1.65 bits per heavy atom. The third-order valence-corrected chi connectivity index (χ3v) is 2.41. The molecule has 1 heterocycles. The van der Waals surface area contributed by atoms with E-state index in [9.17, 15) is 18.8 Å². The number of carbonyl (C=O) groups excluding carboxylic acids is 3. The quantitative estimate of drug-likeness (QED) is 0.352. The van der Waals surface area contributed by atoms with Crippen LogP contribution in [0.4, 0.5) is 4.39 Å². The molecule has 1 amide bonds. The average Bonchev–Trinajstić information content (AvgIpc) is 2.46. The number of aromatic nitrogens is 1. The molecule has 0 aliphatic rings. The maximum atomic E-state index is 12.7. The van der Waals surface area contributed by atoms with Gasteiger partial charge in [-0.1, -0.05) is 11.6 Å². The Morgan fingerprint density at radius 3 is 1.87 bits per heavy atom. The number of rotatable bonds is 2. The minimum Gasteiger partial charge on any atom is -0.469 e. The lowest BCUT2D eigenvalue weighted by Gasteiger charge is -2.08. The monoisotopic (exact) mass is 350 g/mol. The molecule has 0 atom stereocenters. The molecule has 0 aromatic carbocycles. The summed E-state index contributed by atoms with van der Waals surface area (Å²) in [5.41, 5.74) is -0.0330. The zero-order valence-corrected chi connectivity index (χ0v) is 14.6. The summed E-state index contributed by atoms with van der Waals surface area (Å²) in [6, 6.07) is 2.69. The molecule has 0 spiro atoms. The smallest absolute Gasteiger partial charge is 0.302 e. The van der Waals surface area contributed by atoms with Crippen LogP contribution in [0.5, 0.6) is 0 Å². The molecular formula is C14H20ClFN2O5. The molecule has 0 aliphatic carbocycles. The lowest BCUT2D eigenvalue weighted by Crippen LogP contribution is -2.21. The van der Waals surface area contributed by atoms with Crippen LogP contribution >= 0.6 is 11.6 Å². The Balaban J connectivity index is 0. The molecule has 0 bridgehead atoms. The van der Waals surface area contributed by atoms with E-state index in [1.165, 1.54) is 47.1 Å². The normalized spacial score (nSPS) is 8.70. The summed E-state index contributed by atoms with van der Waals surface area (Å²) in [5.74, 6) is -1.51. The molecule has 23 heavy (non-hydrogen) atoms. The second-order valence-corrected chi connectivity index (χ2v) is 4.31. The molecule has 7 nitrogen and oxygen atoms in total. The molecule has 1 rings (SSSR count).